The Labute approximate surface area is 173 Å². The summed E-state index contributed by atoms with van der Waals surface area (Å²) in [6.07, 6.45) is 2.48. The average molecular weight is 407 g/mol. The average Bonchev–Trinajstić information content (AvgIpc) is 3.09. The highest BCUT2D eigenvalue weighted by Gasteiger charge is 2.29. The van der Waals surface area contributed by atoms with Gasteiger partial charge in [-0.3, -0.25) is 4.79 Å². The van der Waals surface area contributed by atoms with E-state index in [9.17, 15) is 9.59 Å². The fraction of sp³-hybridized carbons (Fsp3) is 0.174. The number of rotatable bonds is 4. The molecule has 2 N–H and O–H groups in total. The molecule has 0 radical (unpaired) electrons. The molecule has 1 amide bonds. The molecule has 146 valence electrons. The number of hydrogen-bond acceptors (Lipinski definition) is 4. The summed E-state index contributed by atoms with van der Waals surface area (Å²) in [7, 11) is 0. The second-order valence-electron chi connectivity index (χ2n) is 7.00. The van der Waals surface area contributed by atoms with E-state index in [1.165, 1.54) is 6.92 Å². The summed E-state index contributed by atoms with van der Waals surface area (Å²) >= 11 is 5.98. The van der Waals surface area contributed by atoms with Crippen molar-refractivity contribution in [2.24, 2.45) is 5.73 Å². The van der Waals surface area contributed by atoms with Gasteiger partial charge in [0.25, 0.3) is 5.91 Å². The molecular weight excluding hydrogens is 388 g/mol. The zero-order valence-electron chi connectivity index (χ0n) is 15.8. The van der Waals surface area contributed by atoms with Crippen LogP contribution in [0.25, 0.3) is 22.6 Å². The lowest BCUT2D eigenvalue weighted by Crippen LogP contribution is -2.30. The summed E-state index contributed by atoms with van der Waals surface area (Å²) in [4.78, 5) is 29.1. The predicted octanol–water partition coefficient (Wildman–Crippen LogP) is 4.41. The molecule has 0 saturated heterocycles. The van der Waals surface area contributed by atoms with Crippen LogP contribution in [0.4, 0.5) is 0 Å². The molecule has 0 spiro atoms. The molecule has 4 rings (SSSR count). The zero-order valence-corrected chi connectivity index (χ0v) is 16.6. The quantitative estimate of drug-likeness (QED) is 0.651. The van der Waals surface area contributed by atoms with Gasteiger partial charge in [-0.1, -0.05) is 41.9 Å². The lowest BCUT2D eigenvalue weighted by atomic mass is 10.0. The molecule has 1 aromatic heterocycles. The Bertz CT molecular complexity index is 1150. The van der Waals surface area contributed by atoms with Crippen LogP contribution in [0.5, 0.6) is 0 Å². The van der Waals surface area contributed by atoms with E-state index in [0.29, 0.717) is 27.9 Å². The number of nitrogens with zero attached hydrogens (tertiary/aromatic N) is 1. The van der Waals surface area contributed by atoms with Crippen molar-refractivity contribution in [3.63, 3.8) is 0 Å². The number of carbonyl (C=O) groups is 2. The number of esters is 1. The molecule has 0 fully saturated rings. The van der Waals surface area contributed by atoms with Gasteiger partial charge >= 0.3 is 5.97 Å². The van der Waals surface area contributed by atoms with Gasteiger partial charge in [-0.05, 0) is 60.7 Å². The highest BCUT2D eigenvalue weighted by Crippen LogP contribution is 2.38. The van der Waals surface area contributed by atoms with Crippen LogP contribution < -0.4 is 5.73 Å². The zero-order chi connectivity index (χ0) is 20.5. The minimum atomic E-state index is -1.00. The van der Waals surface area contributed by atoms with Crippen LogP contribution >= 0.6 is 11.6 Å². The van der Waals surface area contributed by atoms with Crippen LogP contribution in [0.3, 0.4) is 0 Å². The first-order valence-corrected chi connectivity index (χ1v) is 9.70. The van der Waals surface area contributed by atoms with E-state index in [4.69, 9.17) is 27.1 Å². The van der Waals surface area contributed by atoms with Crippen molar-refractivity contribution in [3.8, 4) is 0 Å². The Morgan fingerprint density at radius 2 is 1.86 bits per heavy atom. The summed E-state index contributed by atoms with van der Waals surface area (Å²) in [6, 6.07) is 15.0. The van der Waals surface area contributed by atoms with Crippen molar-refractivity contribution in [1.82, 2.24) is 4.98 Å². The molecule has 3 aromatic rings. The molecule has 1 aliphatic carbocycles. The highest BCUT2D eigenvalue weighted by atomic mass is 35.5. The Hall–Kier alpha value is -3.18. The van der Waals surface area contributed by atoms with E-state index in [0.717, 1.165) is 28.8 Å². The summed E-state index contributed by atoms with van der Waals surface area (Å²) in [5, 5.41) is 1.39. The Kier molecular flexibility index (Phi) is 5.07. The number of allylic oxidation sites excluding steroid dienone is 1. The van der Waals surface area contributed by atoms with Crippen molar-refractivity contribution in [2.45, 2.75) is 25.9 Å². The standard InChI is InChI=1S/C23H19ClN2O3/c1-13(22(25)27)29-23(28)20-17-4-2-3-5-19(17)26-21-15(8-11-18(20)21)12-14-6-9-16(24)10-7-14/h2-7,9-10,12-13H,8,11H2,1H3,(H2,25,27)/b15-12+/t13-/m0/s1. The number of halogens is 1. The number of hydrogen-bond donors (Lipinski definition) is 1. The number of pyridine rings is 1. The van der Waals surface area contributed by atoms with Gasteiger partial charge in [0.05, 0.1) is 16.8 Å². The van der Waals surface area contributed by atoms with E-state index in [1.54, 1.807) is 0 Å². The molecule has 2 aromatic carbocycles. The maximum atomic E-state index is 12.9. The second kappa shape index (κ2) is 7.68. The topological polar surface area (TPSA) is 82.3 Å². The fourth-order valence-corrected chi connectivity index (χ4v) is 3.68. The van der Waals surface area contributed by atoms with Gasteiger partial charge in [-0.25, -0.2) is 9.78 Å². The minimum Gasteiger partial charge on any atom is -0.449 e. The molecule has 1 atom stereocenters. The van der Waals surface area contributed by atoms with Crippen molar-refractivity contribution in [2.75, 3.05) is 0 Å². The van der Waals surface area contributed by atoms with Gasteiger partial charge in [0, 0.05) is 10.4 Å². The van der Waals surface area contributed by atoms with E-state index >= 15 is 0 Å². The molecule has 0 aliphatic heterocycles. The van der Waals surface area contributed by atoms with Gasteiger partial charge in [0.15, 0.2) is 6.10 Å². The monoisotopic (exact) mass is 406 g/mol. The Balaban J connectivity index is 1.84. The third-order valence-corrected chi connectivity index (χ3v) is 5.29. The highest BCUT2D eigenvalue weighted by molar-refractivity contribution is 6.30. The number of fused-ring (bicyclic) bond motifs is 2. The number of primary amides is 1. The fourth-order valence-electron chi connectivity index (χ4n) is 3.55. The molecule has 1 aliphatic rings. The number of aromatic nitrogens is 1. The summed E-state index contributed by atoms with van der Waals surface area (Å²) < 4.78 is 5.32. The van der Waals surface area contributed by atoms with E-state index in [1.807, 2.05) is 48.5 Å². The van der Waals surface area contributed by atoms with E-state index in [2.05, 4.69) is 6.08 Å². The van der Waals surface area contributed by atoms with Crippen LogP contribution in [0.1, 0.15) is 40.5 Å². The van der Waals surface area contributed by atoms with Gasteiger partial charge in [0.1, 0.15) is 0 Å². The lowest BCUT2D eigenvalue weighted by molar-refractivity contribution is -0.125. The van der Waals surface area contributed by atoms with E-state index in [-0.39, 0.29) is 0 Å². The third-order valence-electron chi connectivity index (χ3n) is 5.04. The Morgan fingerprint density at radius 1 is 1.14 bits per heavy atom. The molecule has 0 unspecified atom stereocenters. The van der Waals surface area contributed by atoms with Crippen molar-refractivity contribution >= 4 is 46.0 Å². The number of amides is 1. The first-order valence-electron chi connectivity index (χ1n) is 9.32. The minimum absolute atomic E-state index is 0.457. The number of para-hydroxylation sites is 1. The summed E-state index contributed by atoms with van der Waals surface area (Å²) in [6.45, 7) is 1.47. The SMILES string of the molecule is C[C@H](OC(=O)c1c2c(nc3ccccc13)/C(=C/c1ccc(Cl)cc1)CC2)C(N)=O. The summed E-state index contributed by atoms with van der Waals surface area (Å²) in [5.74, 6) is -1.24. The van der Waals surface area contributed by atoms with Crippen molar-refractivity contribution in [1.29, 1.82) is 0 Å². The second-order valence-corrected chi connectivity index (χ2v) is 7.44. The van der Waals surface area contributed by atoms with Gasteiger partial charge in [-0.2, -0.15) is 0 Å². The molecule has 29 heavy (non-hydrogen) atoms. The largest absolute Gasteiger partial charge is 0.449 e. The molecule has 6 heteroatoms. The normalized spacial score (nSPS) is 15.3. The molecule has 0 bridgehead atoms. The predicted molar refractivity (Wildman–Crippen MR) is 113 cm³/mol. The molecule has 0 saturated carbocycles. The van der Waals surface area contributed by atoms with Crippen LogP contribution in [0.2, 0.25) is 5.02 Å². The van der Waals surface area contributed by atoms with Crippen molar-refractivity contribution < 1.29 is 14.3 Å². The van der Waals surface area contributed by atoms with Crippen LogP contribution in [-0.2, 0) is 16.0 Å². The maximum absolute atomic E-state index is 12.9. The number of nitrogens with two attached hydrogens (primary N) is 1. The smallest absolute Gasteiger partial charge is 0.339 e. The van der Waals surface area contributed by atoms with Gasteiger partial charge in [-0.15, -0.1) is 0 Å². The summed E-state index contributed by atoms with van der Waals surface area (Å²) in [5.41, 5.74) is 10.1. The van der Waals surface area contributed by atoms with Gasteiger partial charge in [0.2, 0.25) is 0 Å². The third kappa shape index (κ3) is 3.74. The number of benzene rings is 2. The number of carbonyl (C=O) groups excluding carboxylic acids is 2. The first-order chi connectivity index (χ1) is 13.9. The molecule has 1 heterocycles. The van der Waals surface area contributed by atoms with Crippen molar-refractivity contribution in [3.05, 3.63) is 75.9 Å². The Morgan fingerprint density at radius 3 is 2.59 bits per heavy atom. The lowest BCUT2D eigenvalue weighted by Gasteiger charge is -2.14. The molecular formula is C23H19ClN2O3. The van der Waals surface area contributed by atoms with Crippen LogP contribution in [-0.4, -0.2) is 23.0 Å². The van der Waals surface area contributed by atoms with Crippen LogP contribution in [0.15, 0.2) is 48.5 Å². The van der Waals surface area contributed by atoms with Crippen LogP contribution in [0, 0.1) is 0 Å². The molecule has 5 nitrogen and oxygen atoms in total. The first kappa shape index (κ1) is 19.2. The van der Waals surface area contributed by atoms with E-state index < -0.39 is 18.0 Å². The number of ether oxygens (including phenoxy) is 1. The maximum Gasteiger partial charge on any atom is 0.339 e. The van der Waals surface area contributed by atoms with Gasteiger partial charge < -0.3 is 10.5 Å².